The lowest BCUT2D eigenvalue weighted by molar-refractivity contribution is 0.1000. The molecule has 2 aromatic rings. The molecule has 0 saturated heterocycles. The summed E-state index contributed by atoms with van der Waals surface area (Å²) in [6.45, 7) is 0. The van der Waals surface area contributed by atoms with Gasteiger partial charge in [-0.1, -0.05) is 12.1 Å². The number of hydrogen-bond donors (Lipinski definition) is 1. The number of carbonyl (C=O) groups excluding carboxylic acids is 1. The second-order valence-electron chi connectivity index (χ2n) is 3.54. The van der Waals surface area contributed by atoms with Crippen LogP contribution in [-0.2, 0) is 5.75 Å². The normalized spacial score (nSPS) is 10.1. The summed E-state index contributed by atoms with van der Waals surface area (Å²) in [5, 5.41) is 0. The maximum absolute atomic E-state index is 11.0. The fourth-order valence-electron chi connectivity index (χ4n) is 1.42. The van der Waals surface area contributed by atoms with Crippen LogP contribution in [-0.4, -0.2) is 10.9 Å². The average Bonchev–Trinajstić information content (AvgIpc) is 2.38. The standard InChI is InChI=1S/C13H12N2OS/c14-13(16)11-3-1-2-10(8-11)9-17-12-4-6-15-7-5-12/h1-8H,9H2,(H2,14,16). The van der Waals surface area contributed by atoms with Crippen LogP contribution in [0.1, 0.15) is 15.9 Å². The first kappa shape index (κ1) is 11.7. The van der Waals surface area contributed by atoms with Gasteiger partial charge in [-0.3, -0.25) is 9.78 Å². The van der Waals surface area contributed by atoms with Crippen LogP contribution in [0.5, 0.6) is 0 Å². The minimum absolute atomic E-state index is 0.388. The SMILES string of the molecule is NC(=O)c1cccc(CSc2ccncc2)c1. The fourth-order valence-corrected chi connectivity index (χ4v) is 2.24. The molecule has 0 radical (unpaired) electrons. The highest BCUT2D eigenvalue weighted by Gasteiger charge is 2.01. The number of rotatable bonds is 4. The molecule has 0 spiro atoms. The number of pyridine rings is 1. The van der Waals surface area contributed by atoms with E-state index < -0.39 is 0 Å². The Morgan fingerprint density at radius 3 is 2.71 bits per heavy atom. The van der Waals surface area contributed by atoms with Crippen molar-refractivity contribution in [2.24, 2.45) is 5.73 Å². The van der Waals surface area contributed by atoms with E-state index in [2.05, 4.69) is 4.98 Å². The number of primary amides is 1. The first-order valence-corrected chi connectivity index (χ1v) is 6.16. The molecule has 4 heteroatoms. The van der Waals surface area contributed by atoms with Crippen molar-refractivity contribution < 1.29 is 4.79 Å². The lowest BCUT2D eigenvalue weighted by Gasteiger charge is -2.03. The fraction of sp³-hybridized carbons (Fsp3) is 0.0769. The molecule has 3 nitrogen and oxygen atoms in total. The first-order valence-electron chi connectivity index (χ1n) is 5.17. The lowest BCUT2D eigenvalue weighted by Crippen LogP contribution is -2.10. The van der Waals surface area contributed by atoms with Crippen molar-refractivity contribution in [2.75, 3.05) is 0 Å². The van der Waals surface area contributed by atoms with E-state index in [1.54, 1.807) is 30.2 Å². The summed E-state index contributed by atoms with van der Waals surface area (Å²) in [5.74, 6) is 0.422. The van der Waals surface area contributed by atoms with Gasteiger partial charge < -0.3 is 5.73 Å². The number of aromatic nitrogens is 1. The Kier molecular flexibility index (Phi) is 3.77. The van der Waals surface area contributed by atoms with Crippen molar-refractivity contribution in [3.8, 4) is 0 Å². The third-order valence-corrected chi connectivity index (χ3v) is 3.35. The zero-order valence-corrected chi connectivity index (χ0v) is 9.98. The van der Waals surface area contributed by atoms with Crippen molar-refractivity contribution in [1.29, 1.82) is 0 Å². The highest BCUT2D eigenvalue weighted by molar-refractivity contribution is 7.98. The van der Waals surface area contributed by atoms with Crippen molar-refractivity contribution >= 4 is 17.7 Å². The lowest BCUT2D eigenvalue weighted by atomic mass is 10.1. The smallest absolute Gasteiger partial charge is 0.248 e. The molecule has 17 heavy (non-hydrogen) atoms. The Morgan fingerprint density at radius 2 is 2.00 bits per heavy atom. The summed E-state index contributed by atoms with van der Waals surface area (Å²) in [7, 11) is 0. The van der Waals surface area contributed by atoms with E-state index in [-0.39, 0.29) is 5.91 Å². The van der Waals surface area contributed by atoms with Crippen LogP contribution in [0.15, 0.2) is 53.7 Å². The van der Waals surface area contributed by atoms with Gasteiger partial charge in [0.05, 0.1) is 0 Å². The minimum atomic E-state index is -0.388. The molecular weight excluding hydrogens is 232 g/mol. The molecule has 2 rings (SSSR count). The van der Waals surface area contributed by atoms with Crippen molar-refractivity contribution in [1.82, 2.24) is 4.98 Å². The van der Waals surface area contributed by atoms with Crippen molar-refractivity contribution in [3.63, 3.8) is 0 Å². The number of benzene rings is 1. The number of thioether (sulfide) groups is 1. The molecule has 0 bridgehead atoms. The van der Waals surface area contributed by atoms with E-state index in [1.165, 1.54) is 0 Å². The van der Waals surface area contributed by atoms with Crippen LogP contribution in [0.2, 0.25) is 0 Å². The third-order valence-electron chi connectivity index (χ3n) is 2.27. The van der Waals surface area contributed by atoms with Crippen molar-refractivity contribution in [3.05, 3.63) is 59.9 Å². The van der Waals surface area contributed by atoms with Crippen LogP contribution in [0.4, 0.5) is 0 Å². The van der Waals surface area contributed by atoms with E-state index in [0.29, 0.717) is 5.56 Å². The van der Waals surface area contributed by atoms with Crippen LogP contribution in [0.25, 0.3) is 0 Å². The van der Waals surface area contributed by atoms with Gasteiger partial charge in [-0.15, -0.1) is 11.8 Å². The van der Waals surface area contributed by atoms with Gasteiger partial charge in [0.2, 0.25) is 5.91 Å². The van der Waals surface area contributed by atoms with Gasteiger partial charge in [0.1, 0.15) is 0 Å². The molecule has 1 aromatic carbocycles. The molecule has 0 atom stereocenters. The van der Waals surface area contributed by atoms with Crippen molar-refractivity contribution in [2.45, 2.75) is 10.6 Å². The molecule has 2 N–H and O–H groups in total. The molecule has 1 aromatic heterocycles. The summed E-state index contributed by atoms with van der Waals surface area (Å²) in [4.78, 5) is 16.2. The van der Waals surface area contributed by atoms with Gasteiger partial charge in [0.25, 0.3) is 0 Å². The Hall–Kier alpha value is -1.81. The maximum atomic E-state index is 11.0. The van der Waals surface area contributed by atoms with Gasteiger partial charge in [-0.05, 0) is 29.8 Å². The molecule has 0 fully saturated rings. The summed E-state index contributed by atoms with van der Waals surface area (Å²) in [5.41, 5.74) is 6.88. The molecule has 0 unspecified atom stereocenters. The van der Waals surface area contributed by atoms with E-state index in [0.717, 1.165) is 16.2 Å². The van der Waals surface area contributed by atoms with Gasteiger partial charge in [-0.25, -0.2) is 0 Å². The average molecular weight is 244 g/mol. The largest absolute Gasteiger partial charge is 0.366 e. The molecular formula is C13H12N2OS. The Balaban J connectivity index is 2.04. The highest BCUT2D eigenvalue weighted by atomic mass is 32.2. The van der Waals surface area contributed by atoms with Gasteiger partial charge in [0.15, 0.2) is 0 Å². The van der Waals surface area contributed by atoms with Crippen LogP contribution < -0.4 is 5.73 Å². The Labute approximate surface area is 104 Å². The number of nitrogens with two attached hydrogens (primary N) is 1. The molecule has 0 saturated carbocycles. The van der Waals surface area contributed by atoms with Crippen LogP contribution in [0, 0.1) is 0 Å². The summed E-state index contributed by atoms with van der Waals surface area (Å²) >= 11 is 1.70. The predicted octanol–water partition coefficient (Wildman–Crippen LogP) is 2.47. The Bertz CT molecular complexity index is 514. The topological polar surface area (TPSA) is 56.0 Å². The number of hydrogen-bond acceptors (Lipinski definition) is 3. The third kappa shape index (κ3) is 3.32. The van der Waals surface area contributed by atoms with E-state index in [1.807, 2.05) is 30.3 Å². The number of carbonyl (C=O) groups is 1. The molecule has 0 aliphatic carbocycles. The van der Waals surface area contributed by atoms with E-state index in [9.17, 15) is 4.79 Å². The zero-order valence-electron chi connectivity index (χ0n) is 9.17. The first-order chi connectivity index (χ1) is 8.25. The number of nitrogens with zero attached hydrogens (tertiary/aromatic N) is 1. The minimum Gasteiger partial charge on any atom is -0.366 e. The summed E-state index contributed by atoms with van der Waals surface area (Å²) < 4.78 is 0. The van der Waals surface area contributed by atoms with E-state index in [4.69, 9.17) is 5.73 Å². The van der Waals surface area contributed by atoms with Gasteiger partial charge >= 0.3 is 0 Å². The highest BCUT2D eigenvalue weighted by Crippen LogP contribution is 2.22. The van der Waals surface area contributed by atoms with Gasteiger partial charge in [0, 0.05) is 28.6 Å². The molecule has 0 aliphatic rings. The summed E-state index contributed by atoms with van der Waals surface area (Å²) in [6, 6.07) is 11.3. The van der Waals surface area contributed by atoms with Gasteiger partial charge in [-0.2, -0.15) is 0 Å². The summed E-state index contributed by atoms with van der Waals surface area (Å²) in [6.07, 6.45) is 3.53. The zero-order chi connectivity index (χ0) is 12.1. The van der Waals surface area contributed by atoms with E-state index >= 15 is 0 Å². The Morgan fingerprint density at radius 1 is 1.24 bits per heavy atom. The van der Waals surface area contributed by atoms with Crippen LogP contribution in [0.3, 0.4) is 0 Å². The number of amides is 1. The second-order valence-corrected chi connectivity index (χ2v) is 4.58. The molecule has 0 aliphatic heterocycles. The van der Waals surface area contributed by atoms with Crippen LogP contribution >= 0.6 is 11.8 Å². The molecule has 1 amide bonds. The maximum Gasteiger partial charge on any atom is 0.248 e. The monoisotopic (exact) mass is 244 g/mol. The quantitative estimate of drug-likeness (QED) is 0.840. The molecule has 86 valence electrons. The molecule has 1 heterocycles. The second kappa shape index (κ2) is 5.50. The predicted molar refractivity (Wildman–Crippen MR) is 68.8 cm³/mol.